The van der Waals surface area contributed by atoms with E-state index in [1.165, 1.54) is 7.11 Å². The highest BCUT2D eigenvalue weighted by Crippen LogP contribution is 2.34. The van der Waals surface area contributed by atoms with Crippen molar-refractivity contribution in [3.05, 3.63) is 0 Å². The summed E-state index contributed by atoms with van der Waals surface area (Å²) in [6.07, 6.45) is 4.72. The minimum Gasteiger partial charge on any atom is -0.359 e. The topological polar surface area (TPSA) is 54.0 Å². The number of terminal acetylenes is 1. The van der Waals surface area contributed by atoms with Crippen molar-refractivity contribution in [2.45, 2.75) is 44.4 Å². The molecule has 0 aromatic carbocycles. The van der Waals surface area contributed by atoms with E-state index in [-0.39, 0.29) is 6.79 Å². The molecular weight excluding hydrogens is 224 g/mol. The SMILES string of the molecule is C#C[C@@](C)(OCOC)[C@@H]1OC(C)(C)O[C@@H]1C=O. The second-order valence-corrected chi connectivity index (χ2v) is 4.46. The molecule has 0 aliphatic carbocycles. The van der Waals surface area contributed by atoms with Gasteiger partial charge in [-0.2, -0.15) is 0 Å². The molecule has 3 atom stereocenters. The van der Waals surface area contributed by atoms with Crippen LogP contribution in [0.5, 0.6) is 0 Å². The molecule has 17 heavy (non-hydrogen) atoms. The Morgan fingerprint density at radius 1 is 1.53 bits per heavy atom. The van der Waals surface area contributed by atoms with Gasteiger partial charge in [0, 0.05) is 7.11 Å². The normalized spacial score (nSPS) is 30.5. The second kappa shape index (κ2) is 5.15. The van der Waals surface area contributed by atoms with E-state index in [2.05, 4.69) is 5.92 Å². The van der Waals surface area contributed by atoms with E-state index in [0.29, 0.717) is 6.29 Å². The average molecular weight is 242 g/mol. The van der Waals surface area contributed by atoms with E-state index in [9.17, 15) is 4.79 Å². The first-order valence-corrected chi connectivity index (χ1v) is 5.30. The number of aldehydes is 1. The van der Waals surface area contributed by atoms with Gasteiger partial charge in [-0.25, -0.2) is 0 Å². The molecule has 5 nitrogen and oxygen atoms in total. The number of hydrogen-bond donors (Lipinski definition) is 0. The molecule has 0 radical (unpaired) electrons. The molecule has 0 amide bonds. The Morgan fingerprint density at radius 2 is 2.18 bits per heavy atom. The van der Waals surface area contributed by atoms with Crippen molar-refractivity contribution in [3.63, 3.8) is 0 Å². The van der Waals surface area contributed by atoms with Gasteiger partial charge >= 0.3 is 0 Å². The zero-order valence-corrected chi connectivity index (χ0v) is 10.6. The van der Waals surface area contributed by atoms with Gasteiger partial charge < -0.3 is 23.7 Å². The van der Waals surface area contributed by atoms with Gasteiger partial charge in [0.05, 0.1) is 0 Å². The van der Waals surface area contributed by atoms with E-state index in [4.69, 9.17) is 25.4 Å². The van der Waals surface area contributed by atoms with Gasteiger partial charge in [-0.1, -0.05) is 5.92 Å². The first-order chi connectivity index (χ1) is 7.88. The summed E-state index contributed by atoms with van der Waals surface area (Å²) in [4.78, 5) is 11.0. The molecule has 0 N–H and O–H groups in total. The quantitative estimate of drug-likeness (QED) is 0.404. The van der Waals surface area contributed by atoms with Gasteiger partial charge in [0.25, 0.3) is 0 Å². The molecule has 5 heteroatoms. The summed E-state index contributed by atoms with van der Waals surface area (Å²) in [6, 6.07) is 0. The van der Waals surface area contributed by atoms with Gasteiger partial charge in [0.15, 0.2) is 17.7 Å². The summed E-state index contributed by atoms with van der Waals surface area (Å²) in [6.45, 7) is 5.12. The molecule has 0 aromatic rings. The number of ether oxygens (including phenoxy) is 4. The second-order valence-electron chi connectivity index (χ2n) is 4.46. The van der Waals surface area contributed by atoms with Crippen LogP contribution >= 0.6 is 0 Å². The van der Waals surface area contributed by atoms with Crippen molar-refractivity contribution < 1.29 is 23.7 Å². The third-order valence-corrected chi connectivity index (χ3v) is 2.57. The Kier molecular flexibility index (Phi) is 4.28. The summed E-state index contributed by atoms with van der Waals surface area (Å²) in [5.41, 5.74) is -1.07. The van der Waals surface area contributed by atoms with Crippen molar-refractivity contribution >= 4 is 6.29 Å². The fourth-order valence-corrected chi connectivity index (χ4v) is 1.70. The predicted molar refractivity (Wildman–Crippen MR) is 60.1 cm³/mol. The summed E-state index contributed by atoms with van der Waals surface area (Å²) in [5, 5.41) is 0. The van der Waals surface area contributed by atoms with Gasteiger partial charge in [-0.3, -0.25) is 0 Å². The Labute approximate surface area is 101 Å². The molecular formula is C12H18O5. The van der Waals surface area contributed by atoms with Crippen LogP contribution in [0.2, 0.25) is 0 Å². The fraction of sp³-hybridized carbons (Fsp3) is 0.750. The lowest BCUT2D eigenvalue weighted by atomic mass is 9.96. The zero-order valence-electron chi connectivity index (χ0n) is 10.6. The Hall–Kier alpha value is -0.930. The van der Waals surface area contributed by atoms with Crippen LogP contribution in [-0.2, 0) is 23.7 Å². The Morgan fingerprint density at radius 3 is 2.65 bits per heavy atom. The highest BCUT2D eigenvalue weighted by molar-refractivity contribution is 5.58. The van der Waals surface area contributed by atoms with Crippen LogP contribution in [0.4, 0.5) is 0 Å². The predicted octanol–water partition coefficient (Wildman–Crippen LogP) is 0.718. The smallest absolute Gasteiger partial charge is 0.164 e. The van der Waals surface area contributed by atoms with Crippen LogP contribution in [0.25, 0.3) is 0 Å². The molecule has 1 fully saturated rings. The number of carbonyl (C=O) groups excluding carboxylic acids is 1. The number of carbonyl (C=O) groups is 1. The van der Waals surface area contributed by atoms with Crippen LogP contribution in [0, 0.1) is 12.3 Å². The fourth-order valence-electron chi connectivity index (χ4n) is 1.70. The maximum absolute atomic E-state index is 11.0. The molecule has 1 saturated heterocycles. The summed E-state index contributed by atoms with van der Waals surface area (Å²) < 4.78 is 21.3. The Balaban J connectivity index is 2.88. The standard InChI is InChI=1S/C12H18O5/c1-6-12(4,15-8-14-5)10-9(7-13)16-11(2,3)17-10/h1,7,9-10H,8H2,2-5H3/t9-,10-,12-/m1/s1. The van der Waals surface area contributed by atoms with E-state index in [0.717, 1.165) is 0 Å². The summed E-state index contributed by atoms with van der Waals surface area (Å²) >= 11 is 0. The molecule has 0 bridgehead atoms. The van der Waals surface area contributed by atoms with Gasteiger partial charge in [-0.15, -0.1) is 6.42 Å². The monoisotopic (exact) mass is 242 g/mol. The lowest BCUT2D eigenvalue weighted by Crippen LogP contribution is -2.47. The van der Waals surface area contributed by atoms with Crippen LogP contribution in [0.15, 0.2) is 0 Å². The Bertz CT molecular complexity index is 319. The van der Waals surface area contributed by atoms with Crippen molar-refractivity contribution in [2.75, 3.05) is 13.9 Å². The van der Waals surface area contributed by atoms with Crippen molar-refractivity contribution in [2.24, 2.45) is 0 Å². The number of rotatable bonds is 5. The molecule has 0 unspecified atom stereocenters. The first kappa shape index (κ1) is 14.1. The van der Waals surface area contributed by atoms with E-state index in [1.807, 2.05) is 0 Å². The van der Waals surface area contributed by atoms with Crippen LogP contribution in [-0.4, -0.2) is 43.8 Å². The molecule has 0 spiro atoms. The lowest BCUT2D eigenvalue weighted by Gasteiger charge is -2.30. The highest BCUT2D eigenvalue weighted by atomic mass is 16.8. The average Bonchev–Trinajstić information content (AvgIpc) is 2.62. The van der Waals surface area contributed by atoms with Gasteiger partial charge in [0.2, 0.25) is 0 Å². The number of hydrogen-bond acceptors (Lipinski definition) is 5. The zero-order chi connectivity index (χ0) is 13.1. The van der Waals surface area contributed by atoms with Gasteiger partial charge in [0.1, 0.15) is 19.0 Å². The van der Waals surface area contributed by atoms with E-state index < -0.39 is 23.6 Å². The molecule has 1 heterocycles. The highest BCUT2D eigenvalue weighted by Gasteiger charge is 2.51. The van der Waals surface area contributed by atoms with Gasteiger partial charge in [-0.05, 0) is 20.8 Å². The van der Waals surface area contributed by atoms with E-state index >= 15 is 0 Å². The molecule has 1 aliphatic heterocycles. The van der Waals surface area contributed by atoms with Crippen LogP contribution in [0.1, 0.15) is 20.8 Å². The molecule has 0 saturated carbocycles. The largest absolute Gasteiger partial charge is 0.359 e. The molecule has 0 aromatic heterocycles. The number of methoxy groups -OCH3 is 1. The van der Waals surface area contributed by atoms with Crippen molar-refractivity contribution in [1.82, 2.24) is 0 Å². The molecule has 1 rings (SSSR count). The minimum atomic E-state index is -1.07. The molecule has 1 aliphatic rings. The van der Waals surface area contributed by atoms with Crippen LogP contribution < -0.4 is 0 Å². The van der Waals surface area contributed by atoms with Crippen molar-refractivity contribution in [3.8, 4) is 12.3 Å². The van der Waals surface area contributed by atoms with Crippen molar-refractivity contribution in [1.29, 1.82) is 0 Å². The van der Waals surface area contributed by atoms with Crippen LogP contribution in [0.3, 0.4) is 0 Å². The lowest BCUT2D eigenvalue weighted by molar-refractivity contribution is -0.183. The van der Waals surface area contributed by atoms with E-state index in [1.54, 1.807) is 20.8 Å². The minimum absolute atomic E-state index is 0.0204. The first-order valence-electron chi connectivity index (χ1n) is 5.30. The maximum atomic E-state index is 11.0. The summed E-state index contributed by atoms with van der Waals surface area (Å²) in [7, 11) is 1.49. The maximum Gasteiger partial charge on any atom is 0.164 e. The third-order valence-electron chi connectivity index (χ3n) is 2.57. The molecule has 96 valence electrons. The summed E-state index contributed by atoms with van der Waals surface area (Å²) in [5.74, 6) is 1.63. The third kappa shape index (κ3) is 3.05.